The molecule has 0 saturated heterocycles. The largest absolute Gasteiger partial charge is 0.493 e. The van der Waals surface area contributed by atoms with Crippen molar-refractivity contribution in [3.8, 4) is 11.5 Å². The van der Waals surface area contributed by atoms with Crippen LogP contribution in [-0.4, -0.2) is 20.3 Å². The van der Waals surface area contributed by atoms with Crippen LogP contribution in [0.5, 0.6) is 11.5 Å². The van der Waals surface area contributed by atoms with Crippen molar-refractivity contribution in [3.05, 3.63) is 22.7 Å². The maximum Gasteiger partial charge on any atom is 0.164 e. The minimum atomic E-state index is 0.224. The van der Waals surface area contributed by atoms with Gasteiger partial charge in [-0.1, -0.05) is 11.6 Å². The van der Waals surface area contributed by atoms with Crippen molar-refractivity contribution < 1.29 is 9.47 Å². The average Bonchev–Trinajstić information content (AvgIpc) is 2.94. The maximum absolute atomic E-state index is 6.00. The van der Waals surface area contributed by atoms with Gasteiger partial charge in [-0.25, -0.2) is 0 Å². The summed E-state index contributed by atoms with van der Waals surface area (Å²) in [5, 5.41) is 0.654. The van der Waals surface area contributed by atoms with Gasteiger partial charge in [0.1, 0.15) is 0 Å². The van der Waals surface area contributed by atoms with E-state index in [1.807, 2.05) is 6.07 Å². The quantitative estimate of drug-likeness (QED) is 0.861. The fraction of sp³-hybridized carbons (Fsp3) is 0.455. The molecule has 0 amide bonds. The SMILES string of the molecule is COc1cc(Cl)cc(C2CC2N)c1OC. The molecule has 2 unspecified atom stereocenters. The van der Waals surface area contributed by atoms with E-state index in [0.717, 1.165) is 17.7 Å². The summed E-state index contributed by atoms with van der Waals surface area (Å²) in [6.45, 7) is 0. The van der Waals surface area contributed by atoms with Crippen LogP contribution in [0.3, 0.4) is 0 Å². The molecule has 2 rings (SSSR count). The lowest BCUT2D eigenvalue weighted by atomic mass is 10.1. The lowest BCUT2D eigenvalue weighted by Crippen LogP contribution is -2.03. The Hall–Kier alpha value is -0.930. The molecule has 1 fully saturated rings. The summed E-state index contributed by atoms with van der Waals surface area (Å²) in [5.41, 5.74) is 6.87. The van der Waals surface area contributed by atoms with Gasteiger partial charge >= 0.3 is 0 Å². The molecule has 0 heterocycles. The third-order valence-corrected chi connectivity index (χ3v) is 2.93. The van der Waals surface area contributed by atoms with E-state index in [1.165, 1.54) is 0 Å². The molecule has 0 aromatic heterocycles. The third kappa shape index (κ3) is 1.90. The summed E-state index contributed by atoms with van der Waals surface area (Å²) < 4.78 is 10.6. The molecule has 15 heavy (non-hydrogen) atoms. The van der Waals surface area contributed by atoms with Crippen LogP contribution in [0.15, 0.2) is 12.1 Å². The molecule has 3 nitrogen and oxygen atoms in total. The van der Waals surface area contributed by atoms with Gasteiger partial charge in [-0.3, -0.25) is 0 Å². The van der Waals surface area contributed by atoms with Crippen molar-refractivity contribution in [1.82, 2.24) is 0 Å². The molecule has 1 aliphatic rings. The summed E-state index contributed by atoms with van der Waals surface area (Å²) in [6.07, 6.45) is 0.986. The Morgan fingerprint density at radius 3 is 2.47 bits per heavy atom. The monoisotopic (exact) mass is 227 g/mol. The summed E-state index contributed by atoms with van der Waals surface area (Å²) in [6, 6.07) is 3.88. The van der Waals surface area contributed by atoms with Gasteiger partial charge in [0, 0.05) is 28.6 Å². The van der Waals surface area contributed by atoms with Crippen LogP contribution >= 0.6 is 11.6 Å². The van der Waals surface area contributed by atoms with E-state index >= 15 is 0 Å². The van der Waals surface area contributed by atoms with E-state index in [1.54, 1.807) is 20.3 Å². The second kappa shape index (κ2) is 3.91. The number of rotatable bonds is 3. The van der Waals surface area contributed by atoms with E-state index in [9.17, 15) is 0 Å². The van der Waals surface area contributed by atoms with Crippen molar-refractivity contribution in [2.75, 3.05) is 14.2 Å². The summed E-state index contributed by atoms with van der Waals surface area (Å²) >= 11 is 6.00. The molecule has 4 heteroatoms. The molecular formula is C11H14ClNO2. The minimum Gasteiger partial charge on any atom is -0.493 e. The molecule has 1 aromatic rings. The number of hydrogen-bond acceptors (Lipinski definition) is 3. The van der Waals surface area contributed by atoms with E-state index in [2.05, 4.69) is 0 Å². The minimum absolute atomic E-state index is 0.224. The predicted molar refractivity (Wildman–Crippen MR) is 59.9 cm³/mol. The number of halogens is 1. The smallest absolute Gasteiger partial charge is 0.164 e. The number of hydrogen-bond donors (Lipinski definition) is 1. The Morgan fingerprint density at radius 1 is 1.33 bits per heavy atom. The van der Waals surface area contributed by atoms with Gasteiger partial charge in [-0.15, -0.1) is 0 Å². The van der Waals surface area contributed by atoms with Crippen molar-refractivity contribution >= 4 is 11.6 Å². The van der Waals surface area contributed by atoms with Crippen molar-refractivity contribution in [3.63, 3.8) is 0 Å². The third-order valence-electron chi connectivity index (χ3n) is 2.71. The molecule has 1 aromatic carbocycles. The molecule has 1 aliphatic carbocycles. The number of methoxy groups -OCH3 is 2. The molecular weight excluding hydrogens is 214 g/mol. The standard InChI is InChI=1S/C11H14ClNO2/c1-14-10-4-6(12)3-8(11(10)15-2)7-5-9(7)13/h3-4,7,9H,5,13H2,1-2H3. The van der Waals surface area contributed by atoms with Crippen LogP contribution in [0.4, 0.5) is 0 Å². The van der Waals surface area contributed by atoms with Crippen molar-refractivity contribution in [1.29, 1.82) is 0 Å². The Labute approximate surface area is 94.1 Å². The zero-order valence-corrected chi connectivity index (χ0v) is 9.54. The van der Waals surface area contributed by atoms with Gasteiger partial charge in [0.25, 0.3) is 0 Å². The van der Waals surface area contributed by atoms with Crippen LogP contribution in [0.2, 0.25) is 5.02 Å². The first kappa shape index (κ1) is 10.6. The van der Waals surface area contributed by atoms with Gasteiger partial charge < -0.3 is 15.2 Å². The summed E-state index contributed by atoms with van der Waals surface area (Å²) in [5.74, 6) is 1.77. The molecule has 0 spiro atoms. The van der Waals surface area contributed by atoms with Crippen LogP contribution in [0.25, 0.3) is 0 Å². The lowest BCUT2D eigenvalue weighted by molar-refractivity contribution is 0.351. The zero-order chi connectivity index (χ0) is 11.0. The Morgan fingerprint density at radius 2 is 2.00 bits per heavy atom. The van der Waals surface area contributed by atoms with E-state index < -0.39 is 0 Å². The zero-order valence-electron chi connectivity index (χ0n) is 8.79. The Bertz CT molecular complexity index is 381. The van der Waals surface area contributed by atoms with Crippen LogP contribution in [0.1, 0.15) is 17.9 Å². The first-order chi connectivity index (χ1) is 7.17. The van der Waals surface area contributed by atoms with Crippen LogP contribution in [-0.2, 0) is 0 Å². The van der Waals surface area contributed by atoms with Crippen LogP contribution in [0, 0.1) is 0 Å². The highest BCUT2D eigenvalue weighted by atomic mass is 35.5. The second-order valence-corrected chi connectivity index (χ2v) is 4.17. The highest BCUT2D eigenvalue weighted by molar-refractivity contribution is 6.30. The lowest BCUT2D eigenvalue weighted by Gasteiger charge is -2.13. The number of benzene rings is 1. The highest BCUT2D eigenvalue weighted by Gasteiger charge is 2.38. The van der Waals surface area contributed by atoms with Gasteiger partial charge in [0.05, 0.1) is 14.2 Å². The van der Waals surface area contributed by atoms with Gasteiger partial charge in [-0.05, 0) is 12.5 Å². The van der Waals surface area contributed by atoms with Crippen molar-refractivity contribution in [2.45, 2.75) is 18.4 Å². The molecule has 82 valence electrons. The number of nitrogens with two attached hydrogens (primary N) is 1. The first-order valence-electron chi connectivity index (χ1n) is 4.84. The fourth-order valence-corrected chi connectivity index (χ4v) is 2.02. The normalized spacial score (nSPS) is 23.7. The predicted octanol–water partition coefficient (Wildman–Crippen LogP) is 2.17. The summed E-state index contributed by atoms with van der Waals surface area (Å²) in [7, 11) is 3.23. The Kier molecular flexibility index (Phi) is 2.76. The first-order valence-corrected chi connectivity index (χ1v) is 5.22. The second-order valence-electron chi connectivity index (χ2n) is 3.74. The van der Waals surface area contributed by atoms with E-state index in [4.69, 9.17) is 26.8 Å². The average molecular weight is 228 g/mol. The van der Waals surface area contributed by atoms with E-state index in [-0.39, 0.29) is 6.04 Å². The summed E-state index contributed by atoms with van der Waals surface area (Å²) in [4.78, 5) is 0. The highest BCUT2D eigenvalue weighted by Crippen LogP contribution is 2.47. The Balaban J connectivity index is 2.46. The maximum atomic E-state index is 6.00. The van der Waals surface area contributed by atoms with Crippen molar-refractivity contribution in [2.24, 2.45) is 5.73 Å². The van der Waals surface area contributed by atoms with E-state index in [0.29, 0.717) is 16.7 Å². The molecule has 2 atom stereocenters. The topological polar surface area (TPSA) is 44.5 Å². The van der Waals surface area contributed by atoms with Gasteiger partial charge in [-0.2, -0.15) is 0 Å². The number of ether oxygens (including phenoxy) is 2. The molecule has 2 N–H and O–H groups in total. The van der Waals surface area contributed by atoms with Gasteiger partial charge in [0.2, 0.25) is 0 Å². The van der Waals surface area contributed by atoms with Crippen LogP contribution < -0.4 is 15.2 Å². The molecule has 0 bridgehead atoms. The fourth-order valence-electron chi connectivity index (χ4n) is 1.81. The molecule has 0 aliphatic heterocycles. The molecule has 1 saturated carbocycles. The molecule has 0 radical (unpaired) electrons. The van der Waals surface area contributed by atoms with Gasteiger partial charge in [0.15, 0.2) is 11.5 Å².